The zero-order valence-electron chi connectivity index (χ0n) is 8.83. The highest BCUT2D eigenvalue weighted by Crippen LogP contribution is 2.28. The fourth-order valence-corrected chi connectivity index (χ4v) is 2.24. The summed E-state index contributed by atoms with van der Waals surface area (Å²) in [6.45, 7) is 0.785. The number of alkyl halides is 2. The van der Waals surface area contributed by atoms with Crippen LogP contribution in [0.4, 0.5) is 8.78 Å². The van der Waals surface area contributed by atoms with Gasteiger partial charge in [-0.2, -0.15) is 0 Å². The molecule has 1 rings (SSSR count). The van der Waals surface area contributed by atoms with Crippen molar-refractivity contribution in [3.8, 4) is 0 Å². The van der Waals surface area contributed by atoms with Crippen LogP contribution in [0.25, 0.3) is 0 Å². The predicted octanol–water partition coefficient (Wildman–Crippen LogP) is 1.83. The first-order valence-electron chi connectivity index (χ1n) is 5.22. The summed E-state index contributed by atoms with van der Waals surface area (Å²) in [4.78, 5) is 12.4. The summed E-state index contributed by atoms with van der Waals surface area (Å²) in [5.41, 5.74) is 0. The lowest BCUT2D eigenvalue weighted by molar-refractivity contribution is -0.141. The van der Waals surface area contributed by atoms with Crippen LogP contribution in [-0.4, -0.2) is 42.0 Å². The van der Waals surface area contributed by atoms with E-state index in [0.717, 1.165) is 19.4 Å². The Morgan fingerprint density at radius 2 is 2.20 bits per heavy atom. The topological polar surface area (TPSA) is 40.5 Å². The van der Waals surface area contributed by atoms with Gasteiger partial charge in [-0.25, -0.2) is 8.78 Å². The number of carboxylic acid groups (broad SMARTS) is 1. The molecule has 1 fully saturated rings. The maximum absolute atomic E-state index is 12.7. The molecule has 0 aromatic carbocycles. The molecule has 0 aromatic rings. The number of nitrogens with zero attached hydrogens (tertiary/aromatic N) is 1. The lowest BCUT2D eigenvalue weighted by Gasteiger charge is -2.37. The van der Waals surface area contributed by atoms with Crippen LogP contribution in [0.5, 0.6) is 0 Å². The average Bonchev–Trinajstić information content (AvgIpc) is 2.15. The van der Waals surface area contributed by atoms with Gasteiger partial charge in [-0.3, -0.25) is 4.79 Å². The van der Waals surface area contributed by atoms with Gasteiger partial charge in [0.25, 0.3) is 0 Å². The predicted molar refractivity (Wildman–Crippen MR) is 52.0 cm³/mol. The van der Waals surface area contributed by atoms with Gasteiger partial charge >= 0.3 is 5.97 Å². The van der Waals surface area contributed by atoms with E-state index >= 15 is 0 Å². The molecule has 1 N–H and O–H groups in total. The third-order valence-corrected chi connectivity index (χ3v) is 3.06. The van der Waals surface area contributed by atoms with Crippen LogP contribution in [0, 0.1) is 5.92 Å². The minimum Gasteiger partial charge on any atom is -0.481 e. The highest BCUT2D eigenvalue weighted by atomic mass is 19.3. The number of rotatable bonds is 4. The molecule has 1 saturated heterocycles. The number of hydrogen-bond donors (Lipinski definition) is 1. The Kier molecular flexibility index (Phi) is 4.45. The Morgan fingerprint density at radius 3 is 2.67 bits per heavy atom. The van der Waals surface area contributed by atoms with E-state index in [1.54, 1.807) is 7.05 Å². The lowest BCUT2D eigenvalue weighted by Crippen LogP contribution is -2.44. The van der Waals surface area contributed by atoms with Crippen molar-refractivity contribution >= 4 is 5.97 Å². The molecule has 2 unspecified atom stereocenters. The molecule has 0 aromatic heterocycles. The van der Waals surface area contributed by atoms with Gasteiger partial charge < -0.3 is 10.0 Å². The Bertz CT molecular complexity index is 223. The normalized spacial score (nSPS) is 25.5. The van der Waals surface area contributed by atoms with Crippen molar-refractivity contribution in [3.63, 3.8) is 0 Å². The second kappa shape index (κ2) is 5.39. The second-order valence-electron chi connectivity index (χ2n) is 4.14. The van der Waals surface area contributed by atoms with Crippen LogP contribution in [0.1, 0.15) is 25.7 Å². The minimum absolute atomic E-state index is 0.283. The number of carbonyl (C=O) groups is 1. The van der Waals surface area contributed by atoms with E-state index in [0.29, 0.717) is 6.42 Å². The number of aliphatic carboxylic acids is 1. The molecule has 0 saturated carbocycles. The fourth-order valence-electron chi connectivity index (χ4n) is 2.24. The van der Waals surface area contributed by atoms with Crippen molar-refractivity contribution in [1.29, 1.82) is 0 Å². The summed E-state index contributed by atoms with van der Waals surface area (Å²) in [5, 5.41) is 8.60. The summed E-state index contributed by atoms with van der Waals surface area (Å²) in [7, 11) is 1.79. The maximum atomic E-state index is 12.7. The van der Waals surface area contributed by atoms with Crippen molar-refractivity contribution in [2.45, 2.75) is 38.2 Å². The van der Waals surface area contributed by atoms with E-state index in [-0.39, 0.29) is 6.04 Å². The third-order valence-electron chi connectivity index (χ3n) is 3.06. The maximum Gasteiger partial charge on any atom is 0.303 e. The molecule has 5 heteroatoms. The molecule has 0 amide bonds. The number of hydrogen-bond acceptors (Lipinski definition) is 2. The molecule has 1 heterocycles. The van der Waals surface area contributed by atoms with E-state index in [4.69, 9.17) is 5.11 Å². The lowest BCUT2D eigenvalue weighted by atomic mass is 9.88. The first-order chi connectivity index (χ1) is 7.02. The smallest absolute Gasteiger partial charge is 0.303 e. The molecule has 88 valence electrons. The Labute approximate surface area is 88.1 Å². The molecular formula is C10H17F2NO2. The van der Waals surface area contributed by atoms with E-state index in [1.165, 1.54) is 0 Å². The van der Waals surface area contributed by atoms with E-state index in [9.17, 15) is 13.6 Å². The average molecular weight is 221 g/mol. The van der Waals surface area contributed by atoms with Crippen molar-refractivity contribution in [1.82, 2.24) is 4.90 Å². The summed E-state index contributed by atoms with van der Waals surface area (Å²) in [5.74, 6) is -2.17. The van der Waals surface area contributed by atoms with E-state index < -0.39 is 24.7 Å². The standard InChI is InChI=1S/C10H17F2NO2/c1-13-5-3-2-4-8(13)7(10(11)12)6-9(14)15/h7-8,10H,2-6H2,1H3,(H,14,15). The zero-order chi connectivity index (χ0) is 11.4. The first-order valence-corrected chi connectivity index (χ1v) is 5.22. The van der Waals surface area contributed by atoms with Gasteiger partial charge in [0.1, 0.15) is 0 Å². The zero-order valence-corrected chi connectivity index (χ0v) is 8.83. The van der Waals surface area contributed by atoms with Crippen LogP contribution in [-0.2, 0) is 4.79 Å². The van der Waals surface area contributed by atoms with Crippen molar-refractivity contribution in [2.75, 3.05) is 13.6 Å². The molecule has 1 aliphatic rings. The Balaban J connectivity index is 2.64. The summed E-state index contributed by atoms with van der Waals surface area (Å²) in [6.07, 6.45) is -0.383. The molecule has 0 bridgehead atoms. The quantitative estimate of drug-likeness (QED) is 0.787. The number of likely N-dealkylation sites (tertiary alicyclic amines) is 1. The molecule has 0 aliphatic carbocycles. The van der Waals surface area contributed by atoms with Crippen LogP contribution >= 0.6 is 0 Å². The van der Waals surface area contributed by atoms with Gasteiger partial charge in [0, 0.05) is 12.0 Å². The SMILES string of the molecule is CN1CCCCC1C(CC(=O)O)C(F)F. The van der Waals surface area contributed by atoms with E-state index in [1.807, 2.05) is 4.90 Å². The second-order valence-corrected chi connectivity index (χ2v) is 4.14. The summed E-state index contributed by atoms with van der Waals surface area (Å²) in [6, 6.07) is -0.283. The molecule has 15 heavy (non-hydrogen) atoms. The fraction of sp³-hybridized carbons (Fsp3) is 0.900. The Morgan fingerprint density at radius 1 is 1.53 bits per heavy atom. The molecule has 1 aliphatic heterocycles. The van der Waals surface area contributed by atoms with Crippen LogP contribution in [0.15, 0.2) is 0 Å². The first kappa shape index (κ1) is 12.4. The largest absolute Gasteiger partial charge is 0.481 e. The van der Waals surface area contributed by atoms with Crippen molar-refractivity contribution in [2.24, 2.45) is 5.92 Å². The molecule has 2 atom stereocenters. The summed E-state index contributed by atoms with van der Waals surface area (Å²) >= 11 is 0. The summed E-state index contributed by atoms with van der Waals surface area (Å²) < 4.78 is 25.5. The number of carboxylic acids is 1. The van der Waals surface area contributed by atoms with Crippen molar-refractivity contribution in [3.05, 3.63) is 0 Å². The molecular weight excluding hydrogens is 204 g/mol. The molecule has 3 nitrogen and oxygen atoms in total. The van der Waals surface area contributed by atoms with Crippen molar-refractivity contribution < 1.29 is 18.7 Å². The van der Waals surface area contributed by atoms with E-state index in [2.05, 4.69) is 0 Å². The minimum atomic E-state index is -2.55. The van der Waals surface area contributed by atoms with Gasteiger partial charge in [-0.15, -0.1) is 0 Å². The Hall–Kier alpha value is -0.710. The number of halogens is 2. The van der Waals surface area contributed by atoms with Gasteiger partial charge in [-0.1, -0.05) is 6.42 Å². The van der Waals surface area contributed by atoms with Crippen LogP contribution in [0.2, 0.25) is 0 Å². The van der Waals surface area contributed by atoms with Gasteiger partial charge in [0.2, 0.25) is 6.43 Å². The van der Waals surface area contributed by atoms with Crippen LogP contribution < -0.4 is 0 Å². The third kappa shape index (κ3) is 3.41. The van der Waals surface area contributed by atoms with Gasteiger partial charge in [0.15, 0.2) is 0 Å². The van der Waals surface area contributed by atoms with Gasteiger partial charge in [0.05, 0.1) is 6.42 Å². The molecule has 0 radical (unpaired) electrons. The highest BCUT2D eigenvalue weighted by molar-refractivity contribution is 5.67. The van der Waals surface area contributed by atoms with Crippen LogP contribution in [0.3, 0.4) is 0 Å². The monoisotopic (exact) mass is 221 g/mol. The number of piperidine rings is 1. The van der Waals surface area contributed by atoms with Gasteiger partial charge in [-0.05, 0) is 26.4 Å². The highest BCUT2D eigenvalue weighted by Gasteiger charge is 2.35. The molecule has 0 spiro atoms.